The molecule has 1 amide bonds. The standard InChI is InChI=1S/C14H21ClN2O/c1-16-10-3-4-14(18)17(2)11-9-12-5-7-13(15)8-6-12/h5-8,16H,3-4,9-11H2,1-2H3. The van der Waals surface area contributed by atoms with Gasteiger partial charge in [0.25, 0.3) is 0 Å². The molecule has 100 valence electrons. The Bertz CT molecular complexity index is 365. The molecule has 4 heteroatoms. The highest BCUT2D eigenvalue weighted by atomic mass is 35.5. The minimum absolute atomic E-state index is 0.208. The van der Waals surface area contributed by atoms with Crippen LogP contribution < -0.4 is 5.32 Å². The van der Waals surface area contributed by atoms with Crippen LogP contribution in [0.25, 0.3) is 0 Å². The molecule has 0 heterocycles. The van der Waals surface area contributed by atoms with Crippen molar-refractivity contribution in [2.45, 2.75) is 19.3 Å². The third-order valence-electron chi connectivity index (χ3n) is 2.89. The number of benzene rings is 1. The number of amides is 1. The largest absolute Gasteiger partial charge is 0.345 e. The van der Waals surface area contributed by atoms with Crippen molar-refractivity contribution in [2.24, 2.45) is 0 Å². The first kappa shape index (κ1) is 15.0. The van der Waals surface area contributed by atoms with Crippen molar-refractivity contribution < 1.29 is 4.79 Å². The molecule has 3 nitrogen and oxygen atoms in total. The van der Waals surface area contributed by atoms with E-state index in [2.05, 4.69) is 5.32 Å². The normalized spacial score (nSPS) is 10.4. The van der Waals surface area contributed by atoms with Crippen molar-refractivity contribution in [3.05, 3.63) is 34.9 Å². The van der Waals surface area contributed by atoms with Gasteiger partial charge >= 0.3 is 0 Å². The second-order valence-electron chi connectivity index (χ2n) is 4.40. The fourth-order valence-corrected chi connectivity index (χ4v) is 1.81. The Kier molecular flexibility index (Phi) is 6.76. The molecular weight excluding hydrogens is 248 g/mol. The van der Waals surface area contributed by atoms with E-state index in [1.165, 1.54) is 5.56 Å². The number of hydrogen-bond acceptors (Lipinski definition) is 2. The highest BCUT2D eigenvalue weighted by Crippen LogP contribution is 2.10. The number of likely N-dealkylation sites (N-methyl/N-ethyl adjacent to an activating group) is 1. The average molecular weight is 269 g/mol. The zero-order valence-electron chi connectivity index (χ0n) is 11.1. The van der Waals surface area contributed by atoms with Crippen molar-refractivity contribution in [3.63, 3.8) is 0 Å². The summed E-state index contributed by atoms with van der Waals surface area (Å²) in [5.74, 6) is 0.208. The number of nitrogens with zero attached hydrogens (tertiary/aromatic N) is 1. The molecule has 0 atom stereocenters. The van der Waals surface area contributed by atoms with Crippen molar-refractivity contribution in [3.8, 4) is 0 Å². The van der Waals surface area contributed by atoms with Gasteiger partial charge in [-0.2, -0.15) is 0 Å². The summed E-state index contributed by atoms with van der Waals surface area (Å²) in [6.45, 7) is 1.64. The third kappa shape index (κ3) is 5.52. The zero-order chi connectivity index (χ0) is 13.4. The van der Waals surface area contributed by atoms with Gasteiger partial charge in [-0.25, -0.2) is 0 Å². The first-order valence-corrected chi connectivity index (χ1v) is 6.64. The molecular formula is C14H21ClN2O. The van der Waals surface area contributed by atoms with E-state index in [1.807, 2.05) is 38.4 Å². The number of carbonyl (C=O) groups is 1. The first-order chi connectivity index (χ1) is 8.63. The smallest absolute Gasteiger partial charge is 0.222 e. The number of hydrogen-bond donors (Lipinski definition) is 1. The van der Waals surface area contributed by atoms with E-state index in [-0.39, 0.29) is 5.91 Å². The van der Waals surface area contributed by atoms with Crippen LogP contribution in [0.1, 0.15) is 18.4 Å². The van der Waals surface area contributed by atoms with Crippen molar-refractivity contribution in [1.82, 2.24) is 10.2 Å². The summed E-state index contributed by atoms with van der Waals surface area (Å²) in [5.41, 5.74) is 1.20. The summed E-state index contributed by atoms with van der Waals surface area (Å²) < 4.78 is 0. The van der Waals surface area contributed by atoms with Gasteiger partial charge in [0.05, 0.1) is 0 Å². The van der Waals surface area contributed by atoms with Gasteiger partial charge in [-0.3, -0.25) is 4.79 Å². The second-order valence-corrected chi connectivity index (χ2v) is 4.84. The zero-order valence-corrected chi connectivity index (χ0v) is 11.8. The lowest BCUT2D eigenvalue weighted by Gasteiger charge is -2.17. The Morgan fingerprint density at radius 2 is 2.00 bits per heavy atom. The van der Waals surface area contributed by atoms with Crippen LogP contribution in [0.2, 0.25) is 5.02 Å². The summed E-state index contributed by atoms with van der Waals surface area (Å²) in [6.07, 6.45) is 2.37. The van der Waals surface area contributed by atoms with E-state index in [0.717, 1.165) is 31.0 Å². The van der Waals surface area contributed by atoms with E-state index in [9.17, 15) is 4.79 Å². The molecule has 18 heavy (non-hydrogen) atoms. The summed E-state index contributed by atoms with van der Waals surface area (Å²) in [4.78, 5) is 13.6. The second kappa shape index (κ2) is 8.11. The maximum atomic E-state index is 11.8. The highest BCUT2D eigenvalue weighted by Gasteiger charge is 2.07. The van der Waals surface area contributed by atoms with E-state index in [1.54, 1.807) is 4.90 Å². The molecule has 0 aliphatic heterocycles. The quantitative estimate of drug-likeness (QED) is 0.770. The Morgan fingerprint density at radius 1 is 1.33 bits per heavy atom. The van der Waals surface area contributed by atoms with Crippen LogP contribution in [0.3, 0.4) is 0 Å². The number of carbonyl (C=O) groups excluding carboxylic acids is 1. The van der Waals surface area contributed by atoms with Gasteiger partial charge in [0.15, 0.2) is 0 Å². The third-order valence-corrected chi connectivity index (χ3v) is 3.14. The van der Waals surface area contributed by atoms with Gasteiger partial charge < -0.3 is 10.2 Å². The molecule has 0 aromatic heterocycles. The van der Waals surface area contributed by atoms with Gasteiger partial charge in [-0.1, -0.05) is 23.7 Å². The van der Waals surface area contributed by atoms with Gasteiger partial charge in [0.2, 0.25) is 5.91 Å². The highest BCUT2D eigenvalue weighted by molar-refractivity contribution is 6.30. The lowest BCUT2D eigenvalue weighted by atomic mass is 10.1. The van der Waals surface area contributed by atoms with E-state index >= 15 is 0 Å². The summed E-state index contributed by atoms with van der Waals surface area (Å²) in [7, 11) is 3.76. The molecule has 0 aliphatic carbocycles. The van der Waals surface area contributed by atoms with Crippen LogP contribution in [0.4, 0.5) is 0 Å². The molecule has 1 aromatic carbocycles. The van der Waals surface area contributed by atoms with Gasteiger partial charge in [-0.05, 0) is 44.1 Å². The number of nitrogens with one attached hydrogen (secondary N) is 1. The maximum absolute atomic E-state index is 11.8. The Morgan fingerprint density at radius 3 is 2.61 bits per heavy atom. The molecule has 0 aliphatic rings. The number of halogens is 1. The molecule has 0 bridgehead atoms. The fraction of sp³-hybridized carbons (Fsp3) is 0.500. The molecule has 0 spiro atoms. The Labute approximate surface area is 114 Å². The topological polar surface area (TPSA) is 32.3 Å². The van der Waals surface area contributed by atoms with Gasteiger partial charge in [0.1, 0.15) is 0 Å². The monoisotopic (exact) mass is 268 g/mol. The van der Waals surface area contributed by atoms with Crippen LogP contribution in [0.5, 0.6) is 0 Å². The minimum atomic E-state index is 0.208. The number of rotatable bonds is 7. The molecule has 1 N–H and O–H groups in total. The molecule has 0 fully saturated rings. The summed E-state index contributed by atoms with van der Waals surface area (Å²) in [5, 5.41) is 3.79. The van der Waals surface area contributed by atoms with Crippen LogP contribution in [-0.2, 0) is 11.2 Å². The van der Waals surface area contributed by atoms with Gasteiger partial charge in [0, 0.05) is 25.0 Å². The molecule has 1 aromatic rings. The van der Waals surface area contributed by atoms with Crippen molar-refractivity contribution in [1.29, 1.82) is 0 Å². The average Bonchev–Trinajstić information content (AvgIpc) is 2.38. The molecule has 1 rings (SSSR count). The molecule has 0 radical (unpaired) electrons. The first-order valence-electron chi connectivity index (χ1n) is 6.26. The van der Waals surface area contributed by atoms with Crippen LogP contribution in [-0.4, -0.2) is 38.0 Å². The molecule has 0 saturated carbocycles. The van der Waals surface area contributed by atoms with Crippen LogP contribution in [0, 0.1) is 0 Å². The summed E-state index contributed by atoms with van der Waals surface area (Å²) in [6, 6.07) is 7.76. The maximum Gasteiger partial charge on any atom is 0.222 e. The molecule has 0 unspecified atom stereocenters. The van der Waals surface area contributed by atoms with E-state index in [4.69, 9.17) is 11.6 Å². The van der Waals surface area contributed by atoms with Gasteiger partial charge in [-0.15, -0.1) is 0 Å². The Balaban J connectivity index is 2.29. The lowest BCUT2D eigenvalue weighted by Crippen LogP contribution is -2.29. The van der Waals surface area contributed by atoms with Crippen LogP contribution in [0.15, 0.2) is 24.3 Å². The van der Waals surface area contributed by atoms with E-state index in [0.29, 0.717) is 6.42 Å². The predicted molar refractivity (Wildman–Crippen MR) is 76.0 cm³/mol. The minimum Gasteiger partial charge on any atom is -0.345 e. The SMILES string of the molecule is CNCCCC(=O)N(C)CCc1ccc(Cl)cc1. The Hall–Kier alpha value is -1.06. The summed E-state index contributed by atoms with van der Waals surface area (Å²) >= 11 is 5.83. The lowest BCUT2D eigenvalue weighted by molar-refractivity contribution is -0.129. The van der Waals surface area contributed by atoms with E-state index < -0.39 is 0 Å². The van der Waals surface area contributed by atoms with Crippen LogP contribution >= 0.6 is 11.6 Å². The van der Waals surface area contributed by atoms with Crippen molar-refractivity contribution >= 4 is 17.5 Å². The molecule has 0 saturated heterocycles. The predicted octanol–water partition coefficient (Wildman–Crippen LogP) is 2.34. The fourth-order valence-electron chi connectivity index (χ4n) is 1.68. The van der Waals surface area contributed by atoms with Crippen molar-refractivity contribution in [2.75, 3.05) is 27.2 Å².